The molecule has 1 fully saturated rings. The molecule has 1 saturated heterocycles. The number of anilines is 1. The van der Waals surface area contributed by atoms with E-state index in [0.29, 0.717) is 18.4 Å². The van der Waals surface area contributed by atoms with Crippen molar-refractivity contribution in [3.8, 4) is 0 Å². The molecule has 1 N–H and O–H groups in total. The molecule has 2 aliphatic rings. The predicted octanol–water partition coefficient (Wildman–Crippen LogP) is 4.05. The van der Waals surface area contributed by atoms with Gasteiger partial charge in [-0.2, -0.15) is 0 Å². The minimum atomic E-state index is -0.335. The second kappa shape index (κ2) is 11.2. The Morgan fingerprint density at radius 2 is 1.86 bits per heavy atom. The summed E-state index contributed by atoms with van der Waals surface area (Å²) in [6.07, 6.45) is 2.91. The van der Waals surface area contributed by atoms with E-state index in [-0.39, 0.29) is 24.3 Å². The normalized spacial score (nSPS) is 16.6. The quantitative estimate of drug-likeness (QED) is 0.450. The molecular weight excluding hydrogens is 466 g/mol. The molecule has 0 bridgehead atoms. The molecule has 3 aromatic rings. The summed E-state index contributed by atoms with van der Waals surface area (Å²) in [5.41, 5.74) is 5.32. The predicted molar refractivity (Wildman–Crippen MR) is 144 cm³/mol. The van der Waals surface area contributed by atoms with Gasteiger partial charge in [-0.05, 0) is 60.4 Å². The van der Waals surface area contributed by atoms with Crippen LogP contribution in [0.3, 0.4) is 0 Å². The van der Waals surface area contributed by atoms with Gasteiger partial charge in [0.25, 0.3) is 5.91 Å². The molecule has 2 heterocycles. The number of hydrogen-bond donors (Lipinski definition) is 1. The molecule has 3 aromatic carbocycles. The SMILES string of the molecule is CC(CCC(=O)NC=O)N1C(=O)c2cccc3c(Cc4ccc(CN5CCCOCC5)cc4)ccc1c23. The molecule has 0 aliphatic carbocycles. The molecule has 1 unspecified atom stereocenters. The average Bonchev–Trinajstić information content (AvgIpc) is 3.03. The summed E-state index contributed by atoms with van der Waals surface area (Å²) in [5, 5.41) is 4.24. The standard InChI is InChI=1S/C30H33N3O4/c1-21(6-13-28(35)31-20-34)33-27-12-11-24(25-4-2-5-26(29(25)27)30(33)36)18-22-7-9-23(10-8-22)19-32-14-3-16-37-17-15-32/h2,4-5,7-12,20-21H,3,6,13-19H2,1H3,(H,31,34,35). The maximum absolute atomic E-state index is 13.3. The summed E-state index contributed by atoms with van der Waals surface area (Å²) in [6, 6.07) is 18.7. The molecule has 7 heteroatoms. The fourth-order valence-corrected chi connectivity index (χ4v) is 5.46. The second-order valence-electron chi connectivity index (χ2n) is 9.96. The summed E-state index contributed by atoms with van der Waals surface area (Å²) >= 11 is 0. The average molecular weight is 500 g/mol. The van der Waals surface area contributed by atoms with Crippen LogP contribution in [0.25, 0.3) is 10.8 Å². The Kier molecular flexibility index (Phi) is 7.63. The molecule has 7 nitrogen and oxygen atoms in total. The maximum Gasteiger partial charge on any atom is 0.259 e. The molecule has 0 saturated carbocycles. The van der Waals surface area contributed by atoms with E-state index in [4.69, 9.17) is 4.74 Å². The molecule has 0 aromatic heterocycles. The number of amides is 3. The van der Waals surface area contributed by atoms with Crippen LogP contribution in [0.15, 0.2) is 54.6 Å². The highest BCUT2D eigenvalue weighted by atomic mass is 16.5. The third-order valence-corrected chi connectivity index (χ3v) is 7.41. The van der Waals surface area contributed by atoms with Crippen molar-refractivity contribution in [2.45, 2.75) is 45.2 Å². The third-order valence-electron chi connectivity index (χ3n) is 7.41. The van der Waals surface area contributed by atoms with E-state index < -0.39 is 0 Å². The van der Waals surface area contributed by atoms with Gasteiger partial charge < -0.3 is 9.64 Å². The lowest BCUT2D eigenvalue weighted by molar-refractivity contribution is -0.125. The number of benzene rings is 3. The molecule has 3 amide bonds. The van der Waals surface area contributed by atoms with Crippen LogP contribution in [0.2, 0.25) is 0 Å². The van der Waals surface area contributed by atoms with Crippen molar-refractivity contribution in [2.75, 3.05) is 31.2 Å². The Balaban J connectivity index is 1.33. The van der Waals surface area contributed by atoms with Gasteiger partial charge in [0.05, 0.1) is 12.3 Å². The molecule has 192 valence electrons. The Morgan fingerprint density at radius 1 is 1.05 bits per heavy atom. The number of nitrogens with zero attached hydrogens (tertiary/aromatic N) is 2. The summed E-state index contributed by atoms with van der Waals surface area (Å²) < 4.78 is 5.57. The summed E-state index contributed by atoms with van der Waals surface area (Å²) in [5.74, 6) is -0.373. The van der Waals surface area contributed by atoms with Gasteiger partial charge in [-0.25, -0.2) is 0 Å². The summed E-state index contributed by atoms with van der Waals surface area (Å²) in [4.78, 5) is 39.8. The zero-order valence-corrected chi connectivity index (χ0v) is 21.2. The molecule has 2 aliphatic heterocycles. The Morgan fingerprint density at radius 3 is 2.68 bits per heavy atom. The summed E-state index contributed by atoms with van der Waals surface area (Å²) in [6.45, 7) is 6.59. The molecule has 37 heavy (non-hydrogen) atoms. The van der Waals surface area contributed by atoms with Crippen LogP contribution in [0.1, 0.15) is 53.2 Å². The minimum Gasteiger partial charge on any atom is -0.380 e. The van der Waals surface area contributed by atoms with Crippen molar-refractivity contribution >= 4 is 34.7 Å². The van der Waals surface area contributed by atoms with Crippen molar-refractivity contribution in [3.05, 3.63) is 76.9 Å². The minimum absolute atomic E-state index is 0.0377. The van der Waals surface area contributed by atoms with E-state index >= 15 is 0 Å². The molecular formula is C30H33N3O4. The topological polar surface area (TPSA) is 79.0 Å². The molecule has 0 spiro atoms. The van der Waals surface area contributed by atoms with E-state index in [1.54, 1.807) is 4.90 Å². The van der Waals surface area contributed by atoms with Crippen molar-refractivity contribution in [1.82, 2.24) is 10.2 Å². The Hall–Kier alpha value is -3.55. The number of carbonyl (C=O) groups excluding carboxylic acids is 3. The van der Waals surface area contributed by atoms with Crippen LogP contribution in [0.4, 0.5) is 5.69 Å². The van der Waals surface area contributed by atoms with E-state index in [1.807, 2.05) is 25.1 Å². The lowest BCUT2D eigenvalue weighted by Gasteiger charge is -2.25. The van der Waals surface area contributed by atoms with Crippen LogP contribution in [-0.4, -0.2) is 55.5 Å². The van der Waals surface area contributed by atoms with Gasteiger partial charge >= 0.3 is 0 Å². The monoisotopic (exact) mass is 499 g/mol. The van der Waals surface area contributed by atoms with Gasteiger partial charge in [0.2, 0.25) is 12.3 Å². The second-order valence-corrected chi connectivity index (χ2v) is 9.96. The maximum atomic E-state index is 13.3. The van der Waals surface area contributed by atoms with Crippen molar-refractivity contribution in [1.29, 1.82) is 0 Å². The lowest BCUT2D eigenvalue weighted by atomic mass is 9.95. The number of ether oxygens (including phenoxy) is 1. The van der Waals surface area contributed by atoms with Crippen LogP contribution >= 0.6 is 0 Å². The zero-order chi connectivity index (χ0) is 25.8. The van der Waals surface area contributed by atoms with Crippen molar-refractivity contribution in [2.24, 2.45) is 0 Å². The van der Waals surface area contributed by atoms with E-state index in [9.17, 15) is 14.4 Å². The van der Waals surface area contributed by atoms with E-state index in [0.717, 1.165) is 62.1 Å². The number of nitrogens with one attached hydrogen (secondary N) is 1. The van der Waals surface area contributed by atoms with Crippen LogP contribution in [-0.2, 0) is 27.3 Å². The van der Waals surface area contributed by atoms with Crippen molar-refractivity contribution < 1.29 is 19.1 Å². The first-order chi connectivity index (χ1) is 18.0. The van der Waals surface area contributed by atoms with Gasteiger partial charge in [-0.3, -0.25) is 24.6 Å². The van der Waals surface area contributed by atoms with Gasteiger partial charge in [-0.1, -0.05) is 42.5 Å². The number of imide groups is 1. The highest BCUT2D eigenvalue weighted by Crippen LogP contribution is 2.41. The fraction of sp³-hybridized carbons (Fsp3) is 0.367. The van der Waals surface area contributed by atoms with Gasteiger partial charge in [0.1, 0.15) is 0 Å². The number of carbonyl (C=O) groups is 3. The van der Waals surface area contributed by atoms with Crippen LogP contribution in [0.5, 0.6) is 0 Å². The van der Waals surface area contributed by atoms with E-state index in [2.05, 4.69) is 46.6 Å². The van der Waals surface area contributed by atoms with Crippen LogP contribution < -0.4 is 10.2 Å². The van der Waals surface area contributed by atoms with Gasteiger partial charge in [0, 0.05) is 49.7 Å². The number of hydrogen-bond acceptors (Lipinski definition) is 5. The third kappa shape index (κ3) is 5.43. The first-order valence-electron chi connectivity index (χ1n) is 13.0. The van der Waals surface area contributed by atoms with E-state index in [1.165, 1.54) is 16.7 Å². The largest absolute Gasteiger partial charge is 0.380 e. The zero-order valence-electron chi connectivity index (χ0n) is 21.2. The number of rotatable bonds is 9. The Bertz CT molecular complexity index is 1300. The van der Waals surface area contributed by atoms with Crippen LogP contribution in [0, 0.1) is 0 Å². The molecule has 1 atom stereocenters. The lowest BCUT2D eigenvalue weighted by Crippen LogP contribution is -2.36. The highest BCUT2D eigenvalue weighted by Gasteiger charge is 2.33. The molecule has 0 radical (unpaired) electrons. The van der Waals surface area contributed by atoms with Gasteiger partial charge in [0.15, 0.2) is 0 Å². The van der Waals surface area contributed by atoms with Gasteiger partial charge in [-0.15, -0.1) is 0 Å². The Labute approximate surface area is 217 Å². The first-order valence-corrected chi connectivity index (χ1v) is 13.0. The first kappa shape index (κ1) is 25.1. The smallest absolute Gasteiger partial charge is 0.259 e. The fourth-order valence-electron chi connectivity index (χ4n) is 5.46. The summed E-state index contributed by atoms with van der Waals surface area (Å²) in [7, 11) is 0. The highest BCUT2D eigenvalue weighted by molar-refractivity contribution is 6.25. The van der Waals surface area contributed by atoms with Crippen molar-refractivity contribution in [3.63, 3.8) is 0 Å². The molecule has 5 rings (SSSR count).